The number of hydrogen-bond donors (Lipinski definition) is 1. The van der Waals surface area contributed by atoms with E-state index < -0.39 is 23.3 Å². The number of ether oxygens (including phenoxy) is 3. The van der Waals surface area contributed by atoms with E-state index in [4.69, 9.17) is 19.9 Å². The summed E-state index contributed by atoms with van der Waals surface area (Å²) in [6, 6.07) is 6.64. The number of hydrogen-bond acceptors (Lipinski definition) is 7. The fourth-order valence-corrected chi connectivity index (χ4v) is 4.01. The van der Waals surface area contributed by atoms with Gasteiger partial charge in [-0.05, 0) is 26.8 Å². The molecule has 1 atom stereocenters. The number of para-hydroxylation sites is 1. The third-order valence-electron chi connectivity index (χ3n) is 5.11. The lowest BCUT2D eigenvalue weighted by molar-refractivity contribution is -0.144. The molecule has 1 aromatic carbocycles. The highest BCUT2D eigenvalue weighted by Crippen LogP contribution is 2.54. The normalized spacial score (nSPS) is 20.2. The summed E-state index contributed by atoms with van der Waals surface area (Å²) in [6.45, 7) is 8.88. The molecule has 0 fully saturated rings. The van der Waals surface area contributed by atoms with Gasteiger partial charge in [-0.1, -0.05) is 24.3 Å². The van der Waals surface area contributed by atoms with Crippen molar-refractivity contribution in [2.45, 2.75) is 26.2 Å². The summed E-state index contributed by atoms with van der Waals surface area (Å²) >= 11 is 0. The maximum absolute atomic E-state index is 13.9. The third kappa shape index (κ3) is 2.87. The number of nitrogens with two attached hydrogens (primary N) is 1. The maximum Gasteiger partial charge on any atom is 0.341 e. The second-order valence-corrected chi connectivity index (χ2v) is 6.69. The van der Waals surface area contributed by atoms with Gasteiger partial charge in [0.2, 0.25) is 11.8 Å². The van der Waals surface area contributed by atoms with Crippen molar-refractivity contribution in [2.75, 3.05) is 19.8 Å². The molecule has 8 heteroatoms. The Bertz CT molecular complexity index is 993. The molecule has 8 nitrogen and oxygen atoms in total. The molecule has 0 saturated heterocycles. The van der Waals surface area contributed by atoms with Gasteiger partial charge in [0.25, 0.3) is 0 Å². The molecule has 2 N–H and O–H groups in total. The number of carbonyl (C=O) groups excluding carboxylic acids is 3. The van der Waals surface area contributed by atoms with E-state index in [9.17, 15) is 14.4 Å². The van der Waals surface area contributed by atoms with E-state index in [1.165, 1.54) is 11.0 Å². The summed E-state index contributed by atoms with van der Waals surface area (Å²) in [7, 11) is 0. The van der Waals surface area contributed by atoms with Gasteiger partial charge in [-0.25, -0.2) is 9.59 Å². The fraction of sp³-hybridized carbons (Fsp3) is 0.318. The van der Waals surface area contributed by atoms with Crippen LogP contribution in [0.15, 0.2) is 59.6 Å². The molecule has 3 rings (SSSR count). The van der Waals surface area contributed by atoms with Crippen LogP contribution in [0.5, 0.6) is 5.75 Å². The number of fused-ring (bicyclic) bond motifs is 2. The maximum atomic E-state index is 13.9. The van der Waals surface area contributed by atoms with Gasteiger partial charge in [-0.2, -0.15) is 0 Å². The molecule has 0 aromatic heterocycles. The summed E-state index contributed by atoms with van der Waals surface area (Å²) in [6.07, 6.45) is 1.53. The Morgan fingerprint density at radius 1 is 1.17 bits per heavy atom. The van der Waals surface area contributed by atoms with Crippen LogP contribution in [0.3, 0.4) is 0 Å². The zero-order valence-corrected chi connectivity index (χ0v) is 17.2. The van der Waals surface area contributed by atoms with Crippen LogP contribution in [-0.2, 0) is 29.3 Å². The average Bonchev–Trinajstić information content (AvgIpc) is 2.91. The molecule has 2 aliphatic heterocycles. The van der Waals surface area contributed by atoms with Gasteiger partial charge in [0, 0.05) is 17.8 Å². The van der Waals surface area contributed by atoms with E-state index in [0.29, 0.717) is 11.3 Å². The number of esters is 2. The molecule has 2 aliphatic rings. The molecule has 158 valence electrons. The molecule has 0 radical (unpaired) electrons. The molecule has 1 aromatic rings. The lowest BCUT2D eigenvalue weighted by atomic mass is 9.67. The zero-order chi connectivity index (χ0) is 22.1. The average molecular weight is 412 g/mol. The standard InChI is InChI=1S/C22H24N2O6/c1-5-12-24-13(4)16(19(25)28-6-2)22(21(24)27)14-10-8-9-11-15(14)30-18(23)17(22)20(26)29-7-3/h5,8-11H,1,6-7,12,23H2,2-4H3/t22-/m1/s1. The van der Waals surface area contributed by atoms with Crippen LogP contribution in [0.4, 0.5) is 0 Å². The minimum absolute atomic E-state index is 0.0120. The van der Waals surface area contributed by atoms with Crippen molar-refractivity contribution >= 4 is 17.8 Å². The monoisotopic (exact) mass is 412 g/mol. The zero-order valence-electron chi connectivity index (χ0n) is 17.2. The second kappa shape index (κ2) is 8.06. The van der Waals surface area contributed by atoms with Gasteiger partial charge in [0.15, 0.2) is 0 Å². The molecule has 0 saturated carbocycles. The lowest BCUT2D eigenvalue weighted by Crippen LogP contribution is -2.49. The van der Waals surface area contributed by atoms with E-state index in [1.54, 1.807) is 45.0 Å². The summed E-state index contributed by atoms with van der Waals surface area (Å²) < 4.78 is 16.1. The van der Waals surface area contributed by atoms with Crippen LogP contribution >= 0.6 is 0 Å². The molecule has 0 bridgehead atoms. The summed E-state index contributed by atoms with van der Waals surface area (Å²) in [5.41, 5.74) is 4.74. The van der Waals surface area contributed by atoms with Crippen LogP contribution in [0.1, 0.15) is 26.3 Å². The predicted octanol–water partition coefficient (Wildman–Crippen LogP) is 1.92. The third-order valence-corrected chi connectivity index (χ3v) is 5.11. The van der Waals surface area contributed by atoms with Gasteiger partial charge in [0.05, 0.1) is 18.8 Å². The van der Waals surface area contributed by atoms with E-state index in [1.807, 2.05) is 0 Å². The summed E-state index contributed by atoms with van der Waals surface area (Å²) in [5.74, 6) is -2.11. The minimum Gasteiger partial charge on any atom is -0.463 e. The second-order valence-electron chi connectivity index (χ2n) is 6.69. The molecular weight excluding hydrogens is 388 g/mol. The molecular formula is C22H24N2O6. The van der Waals surface area contributed by atoms with E-state index in [0.717, 1.165) is 0 Å². The predicted molar refractivity (Wildman–Crippen MR) is 108 cm³/mol. The molecule has 1 amide bonds. The van der Waals surface area contributed by atoms with Crippen LogP contribution in [0.2, 0.25) is 0 Å². The van der Waals surface area contributed by atoms with Crippen molar-refractivity contribution in [2.24, 2.45) is 5.73 Å². The smallest absolute Gasteiger partial charge is 0.341 e. The van der Waals surface area contributed by atoms with Crippen LogP contribution in [-0.4, -0.2) is 42.5 Å². The first-order valence-corrected chi connectivity index (χ1v) is 9.62. The number of rotatable bonds is 6. The molecule has 2 heterocycles. The number of amides is 1. The highest BCUT2D eigenvalue weighted by Gasteiger charge is 2.63. The van der Waals surface area contributed by atoms with Gasteiger partial charge in [0.1, 0.15) is 16.7 Å². The van der Waals surface area contributed by atoms with E-state index in [-0.39, 0.29) is 42.5 Å². The Balaban J connectivity index is 2.43. The van der Waals surface area contributed by atoms with Crippen LogP contribution < -0.4 is 10.5 Å². The van der Waals surface area contributed by atoms with Crippen molar-refractivity contribution < 1.29 is 28.6 Å². The number of benzene rings is 1. The molecule has 1 spiro atoms. The van der Waals surface area contributed by atoms with Gasteiger partial charge < -0.3 is 24.8 Å². The first-order chi connectivity index (χ1) is 14.4. The number of carbonyl (C=O) groups is 3. The van der Waals surface area contributed by atoms with Crippen LogP contribution in [0, 0.1) is 0 Å². The Hall–Kier alpha value is -3.55. The minimum atomic E-state index is -1.84. The van der Waals surface area contributed by atoms with E-state index >= 15 is 0 Å². The lowest BCUT2D eigenvalue weighted by Gasteiger charge is -2.36. The number of nitrogens with zero attached hydrogens (tertiary/aromatic N) is 1. The van der Waals surface area contributed by atoms with Crippen LogP contribution in [0.25, 0.3) is 0 Å². The first kappa shape index (κ1) is 21.2. The number of allylic oxidation sites excluding steroid dienone is 1. The molecule has 0 unspecified atom stereocenters. The Kier molecular flexibility index (Phi) is 5.69. The summed E-state index contributed by atoms with van der Waals surface area (Å²) in [5, 5.41) is 0. The van der Waals surface area contributed by atoms with Crippen molar-refractivity contribution in [3.8, 4) is 5.75 Å². The van der Waals surface area contributed by atoms with Crippen molar-refractivity contribution in [3.63, 3.8) is 0 Å². The fourth-order valence-electron chi connectivity index (χ4n) is 4.01. The first-order valence-electron chi connectivity index (χ1n) is 9.62. The molecule has 30 heavy (non-hydrogen) atoms. The van der Waals surface area contributed by atoms with Gasteiger partial charge in [-0.3, -0.25) is 4.79 Å². The van der Waals surface area contributed by atoms with Gasteiger partial charge >= 0.3 is 11.9 Å². The van der Waals surface area contributed by atoms with Gasteiger partial charge in [-0.15, -0.1) is 6.58 Å². The highest BCUT2D eigenvalue weighted by molar-refractivity contribution is 6.17. The summed E-state index contributed by atoms with van der Waals surface area (Å²) in [4.78, 5) is 41.4. The Morgan fingerprint density at radius 2 is 1.77 bits per heavy atom. The highest BCUT2D eigenvalue weighted by atomic mass is 16.5. The molecule has 0 aliphatic carbocycles. The van der Waals surface area contributed by atoms with E-state index in [2.05, 4.69) is 6.58 Å². The van der Waals surface area contributed by atoms with Crippen molar-refractivity contribution in [1.82, 2.24) is 4.90 Å². The Labute approximate surface area is 174 Å². The SMILES string of the molecule is C=CCN1C(=O)[C@@]2(C(C(=O)OCC)=C(N)Oc3ccccc32)C(C(=O)OCC)=C1C. The Morgan fingerprint density at radius 3 is 2.37 bits per heavy atom. The quantitative estimate of drug-likeness (QED) is 0.562. The van der Waals surface area contributed by atoms with Crippen molar-refractivity contribution in [3.05, 3.63) is 65.2 Å². The largest absolute Gasteiger partial charge is 0.463 e. The topological polar surface area (TPSA) is 108 Å². The van der Waals surface area contributed by atoms with Crippen molar-refractivity contribution in [1.29, 1.82) is 0 Å².